The van der Waals surface area contributed by atoms with Gasteiger partial charge in [-0.15, -0.1) is 0 Å². The fourth-order valence-electron chi connectivity index (χ4n) is 2.55. The van der Waals surface area contributed by atoms with Crippen molar-refractivity contribution in [1.82, 2.24) is 4.90 Å². The van der Waals surface area contributed by atoms with E-state index in [-0.39, 0.29) is 5.91 Å². The van der Waals surface area contributed by atoms with Gasteiger partial charge < -0.3 is 10.0 Å². The lowest BCUT2D eigenvalue weighted by Crippen LogP contribution is -2.48. The van der Waals surface area contributed by atoms with Crippen molar-refractivity contribution in [2.75, 3.05) is 6.54 Å². The lowest BCUT2D eigenvalue weighted by atomic mass is 9.82. The molecule has 90 valence electrons. The van der Waals surface area contributed by atoms with Crippen LogP contribution in [-0.4, -0.2) is 34.5 Å². The van der Waals surface area contributed by atoms with Crippen LogP contribution in [0.1, 0.15) is 44.9 Å². The average molecular weight is 225 g/mol. The van der Waals surface area contributed by atoms with E-state index in [4.69, 9.17) is 5.11 Å². The van der Waals surface area contributed by atoms with E-state index in [1.165, 1.54) is 6.42 Å². The van der Waals surface area contributed by atoms with Gasteiger partial charge in [-0.1, -0.05) is 6.42 Å². The van der Waals surface area contributed by atoms with Crippen LogP contribution >= 0.6 is 0 Å². The Balaban J connectivity index is 1.93. The molecule has 0 aromatic heterocycles. The van der Waals surface area contributed by atoms with Crippen molar-refractivity contribution in [2.24, 2.45) is 5.92 Å². The second-order valence-corrected chi connectivity index (χ2v) is 4.94. The highest BCUT2D eigenvalue weighted by molar-refractivity contribution is 5.84. The van der Waals surface area contributed by atoms with E-state index >= 15 is 0 Å². The minimum atomic E-state index is -0.846. The Labute approximate surface area is 95.6 Å². The Morgan fingerprint density at radius 1 is 1.12 bits per heavy atom. The summed E-state index contributed by atoms with van der Waals surface area (Å²) < 4.78 is 0. The van der Waals surface area contributed by atoms with Gasteiger partial charge >= 0.3 is 5.97 Å². The minimum Gasteiger partial charge on any atom is -0.480 e. The largest absolute Gasteiger partial charge is 0.480 e. The first-order valence-electron chi connectivity index (χ1n) is 6.21. The predicted molar refractivity (Wildman–Crippen MR) is 58.9 cm³/mol. The van der Waals surface area contributed by atoms with Crippen molar-refractivity contribution in [3.05, 3.63) is 0 Å². The van der Waals surface area contributed by atoms with Crippen LogP contribution in [0.2, 0.25) is 0 Å². The molecular weight excluding hydrogens is 206 g/mol. The topological polar surface area (TPSA) is 57.6 Å². The molecule has 2 rings (SSSR count). The summed E-state index contributed by atoms with van der Waals surface area (Å²) in [4.78, 5) is 24.6. The number of carboxylic acid groups (broad SMARTS) is 1. The number of hydrogen-bond acceptors (Lipinski definition) is 2. The molecule has 1 aliphatic carbocycles. The highest BCUT2D eigenvalue weighted by Gasteiger charge is 2.33. The van der Waals surface area contributed by atoms with Crippen molar-refractivity contribution in [3.63, 3.8) is 0 Å². The molecule has 4 nitrogen and oxygen atoms in total. The second kappa shape index (κ2) is 4.85. The van der Waals surface area contributed by atoms with Gasteiger partial charge in [0.05, 0.1) is 0 Å². The first-order valence-corrected chi connectivity index (χ1v) is 6.21. The third-order valence-electron chi connectivity index (χ3n) is 3.80. The van der Waals surface area contributed by atoms with Crippen molar-refractivity contribution >= 4 is 11.9 Å². The molecule has 0 radical (unpaired) electrons. The molecule has 4 heteroatoms. The van der Waals surface area contributed by atoms with Gasteiger partial charge in [0.1, 0.15) is 6.04 Å². The summed E-state index contributed by atoms with van der Waals surface area (Å²) in [6.45, 7) is 0.628. The number of rotatable bonds is 3. The maximum absolute atomic E-state index is 12.0. The summed E-state index contributed by atoms with van der Waals surface area (Å²) in [6, 6.07) is -0.568. The van der Waals surface area contributed by atoms with E-state index in [1.807, 2.05) is 0 Å². The third-order valence-corrected chi connectivity index (χ3v) is 3.80. The Morgan fingerprint density at radius 2 is 1.88 bits per heavy atom. The number of amides is 1. The number of piperidine rings is 1. The molecule has 1 atom stereocenters. The Morgan fingerprint density at radius 3 is 2.44 bits per heavy atom. The first-order chi connectivity index (χ1) is 7.68. The lowest BCUT2D eigenvalue weighted by Gasteiger charge is -2.35. The number of likely N-dealkylation sites (tertiary alicyclic amines) is 1. The summed E-state index contributed by atoms with van der Waals surface area (Å²) in [5, 5.41) is 9.07. The second-order valence-electron chi connectivity index (χ2n) is 4.94. The van der Waals surface area contributed by atoms with E-state index < -0.39 is 12.0 Å². The van der Waals surface area contributed by atoms with Gasteiger partial charge in [-0.25, -0.2) is 4.79 Å². The number of aliphatic carboxylic acids is 1. The fourth-order valence-corrected chi connectivity index (χ4v) is 2.55. The summed E-state index contributed by atoms with van der Waals surface area (Å²) in [7, 11) is 0. The van der Waals surface area contributed by atoms with Gasteiger partial charge in [0.25, 0.3) is 0 Å². The molecule has 2 fully saturated rings. The molecule has 0 aromatic rings. The maximum Gasteiger partial charge on any atom is 0.326 e. The van der Waals surface area contributed by atoms with E-state index in [0.29, 0.717) is 25.3 Å². The SMILES string of the molecule is O=C(O)[C@H]1CCCCN1C(=O)CC1CCC1. The van der Waals surface area contributed by atoms with Crippen molar-refractivity contribution in [3.8, 4) is 0 Å². The number of hydrogen-bond donors (Lipinski definition) is 1. The molecule has 1 saturated carbocycles. The Kier molecular flexibility index (Phi) is 3.46. The highest BCUT2D eigenvalue weighted by Crippen LogP contribution is 2.31. The molecule has 1 N–H and O–H groups in total. The fraction of sp³-hybridized carbons (Fsp3) is 0.833. The summed E-state index contributed by atoms with van der Waals surface area (Å²) in [5.41, 5.74) is 0. The molecule has 1 aliphatic heterocycles. The Bertz CT molecular complexity index is 286. The maximum atomic E-state index is 12.0. The smallest absolute Gasteiger partial charge is 0.326 e. The van der Waals surface area contributed by atoms with Gasteiger partial charge in [0.15, 0.2) is 0 Å². The summed E-state index contributed by atoms with van der Waals surface area (Å²) in [5.74, 6) is -0.276. The van der Waals surface area contributed by atoms with E-state index in [9.17, 15) is 9.59 Å². The number of nitrogens with zero attached hydrogens (tertiary/aromatic N) is 1. The quantitative estimate of drug-likeness (QED) is 0.794. The van der Waals surface area contributed by atoms with Gasteiger partial charge in [0, 0.05) is 13.0 Å². The zero-order chi connectivity index (χ0) is 11.5. The third kappa shape index (κ3) is 2.36. The Hall–Kier alpha value is -1.06. The summed E-state index contributed by atoms with van der Waals surface area (Å²) >= 11 is 0. The van der Waals surface area contributed by atoms with Crippen LogP contribution in [-0.2, 0) is 9.59 Å². The van der Waals surface area contributed by atoms with Gasteiger partial charge in [-0.2, -0.15) is 0 Å². The number of carbonyl (C=O) groups is 2. The molecule has 0 unspecified atom stereocenters. The average Bonchev–Trinajstić information content (AvgIpc) is 2.23. The van der Waals surface area contributed by atoms with Crippen LogP contribution in [0, 0.1) is 5.92 Å². The minimum absolute atomic E-state index is 0.0526. The van der Waals surface area contributed by atoms with E-state index in [2.05, 4.69) is 0 Å². The van der Waals surface area contributed by atoms with E-state index in [0.717, 1.165) is 25.7 Å². The summed E-state index contributed by atoms with van der Waals surface area (Å²) in [6.07, 6.45) is 6.54. The standard InChI is InChI=1S/C12H19NO3/c14-11(8-9-4-3-5-9)13-7-2-1-6-10(13)12(15)16/h9-10H,1-8H2,(H,15,16)/t10-/m1/s1. The molecule has 0 bridgehead atoms. The lowest BCUT2D eigenvalue weighted by molar-refractivity contribution is -0.152. The molecule has 16 heavy (non-hydrogen) atoms. The van der Waals surface area contributed by atoms with Crippen LogP contribution in [0.4, 0.5) is 0 Å². The number of carbonyl (C=O) groups excluding carboxylic acids is 1. The highest BCUT2D eigenvalue weighted by atomic mass is 16.4. The van der Waals surface area contributed by atoms with Crippen molar-refractivity contribution in [2.45, 2.75) is 51.0 Å². The molecule has 1 saturated heterocycles. The normalized spacial score (nSPS) is 26.2. The zero-order valence-corrected chi connectivity index (χ0v) is 9.52. The van der Waals surface area contributed by atoms with Crippen LogP contribution in [0.3, 0.4) is 0 Å². The van der Waals surface area contributed by atoms with Crippen molar-refractivity contribution < 1.29 is 14.7 Å². The molecule has 2 aliphatic rings. The molecular formula is C12H19NO3. The molecule has 0 spiro atoms. The van der Waals surface area contributed by atoms with Gasteiger partial charge in [-0.3, -0.25) is 4.79 Å². The molecule has 0 aromatic carbocycles. The van der Waals surface area contributed by atoms with Gasteiger partial charge in [-0.05, 0) is 38.0 Å². The van der Waals surface area contributed by atoms with Crippen molar-refractivity contribution in [1.29, 1.82) is 0 Å². The molecule has 1 heterocycles. The molecule has 1 amide bonds. The monoisotopic (exact) mass is 225 g/mol. The van der Waals surface area contributed by atoms with Crippen LogP contribution in [0.25, 0.3) is 0 Å². The van der Waals surface area contributed by atoms with Crippen LogP contribution in [0.15, 0.2) is 0 Å². The number of carboxylic acids is 1. The first kappa shape index (κ1) is 11.4. The van der Waals surface area contributed by atoms with Crippen LogP contribution in [0.5, 0.6) is 0 Å². The van der Waals surface area contributed by atoms with E-state index in [1.54, 1.807) is 4.90 Å². The zero-order valence-electron chi connectivity index (χ0n) is 9.52. The predicted octanol–water partition coefficient (Wildman–Crippen LogP) is 1.64. The van der Waals surface area contributed by atoms with Gasteiger partial charge in [0.2, 0.25) is 5.91 Å². The van der Waals surface area contributed by atoms with Crippen LogP contribution < -0.4 is 0 Å².